The van der Waals surface area contributed by atoms with E-state index in [-0.39, 0.29) is 11.7 Å². The summed E-state index contributed by atoms with van der Waals surface area (Å²) in [6.45, 7) is 8.01. The van der Waals surface area contributed by atoms with Gasteiger partial charge in [-0.05, 0) is 36.4 Å². The molecule has 0 bridgehead atoms. The number of rotatable bonds is 7. The van der Waals surface area contributed by atoms with Crippen molar-refractivity contribution >= 4 is 21.8 Å². The van der Waals surface area contributed by atoms with E-state index in [0.29, 0.717) is 24.5 Å². The highest BCUT2D eigenvalue weighted by atomic mass is 32.2. The number of hydrogen-bond donors (Lipinski definition) is 1. The molecule has 0 radical (unpaired) electrons. The van der Waals surface area contributed by atoms with Crippen LogP contribution in [0.5, 0.6) is 0 Å². The van der Waals surface area contributed by atoms with Gasteiger partial charge in [0.1, 0.15) is 5.84 Å². The third kappa shape index (κ3) is 5.08. The van der Waals surface area contributed by atoms with E-state index in [1.165, 1.54) is 5.56 Å². The molecule has 0 saturated heterocycles. The Balaban J connectivity index is 1.56. The predicted octanol–water partition coefficient (Wildman–Crippen LogP) is 1.64. The molecule has 0 unspecified atom stereocenters. The van der Waals surface area contributed by atoms with Gasteiger partial charge in [-0.15, -0.1) is 4.40 Å². The summed E-state index contributed by atoms with van der Waals surface area (Å²) >= 11 is 0. The summed E-state index contributed by atoms with van der Waals surface area (Å²) in [7, 11) is -3.39. The van der Waals surface area contributed by atoms with Gasteiger partial charge >= 0.3 is 0 Å². The van der Waals surface area contributed by atoms with Crippen LogP contribution in [0.1, 0.15) is 25.0 Å². The van der Waals surface area contributed by atoms with Gasteiger partial charge in [0.2, 0.25) is 0 Å². The van der Waals surface area contributed by atoms with Crippen molar-refractivity contribution in [3.05, 3.63) is 59.3 Å². The molecule has 3 rings (SSSR count). The minimum absolute atomic E-state index is 0.0461. The largest absolute Gasteiger partial charge is 0.348 e. The minimum atomic E-state index is -3.39. The molecule has 0 atom stereocenters. The lowest BCUT2D eigenvalue weighted by Crippen LogP contribution is -2.38. The van der Waals surface area contributed by atoms with Crippen LogP contribution in [0.4, 0.5) is 0 Å². The van der Waals surface area contributed by atoms with E-state index in [1.807, 2.05) is 12.1 Å². The van der Waals surface area contributed by atoms with E-state index in [4.69, 9.17) is 0 Å². The number of sulfonamides is 1. The van der Waals surface area contributed by atoms with Crippen LogP contribution in [0, 0.1) is 0 Å². The maximum absolute atomic E-state index is 12.4. The number of nitrogens with zero attached hydrogens (tertiary/aromatic N) is 3. The predicted molar refractivity (Wildman–Crippen MR) is 110 cm³/mol. The van der Waals surface area contributed by atoms with E-state index in [1.54, 1.807) is 23.3 Å². The quantitative estimate of drug-likeness (QED) is 0.750. The van der Waals surface area contributed by atoms with Crippen molar-refractivity contribution in [2.75, 3.05) is 25.4 Å². The molecule has 1 aromatic rings. The Bertz CT molecular complexity index is 913. The second-order valence-corrected chi connectivity index (χ2v) is 8.56. The fraction of sp³-hybridized carbons (Fsp3) is 0.400. The summed E-state index contributed by atoms with van der Waals surface area (Å²) in [4.78, 5) is 16.5. The van der Waals surface area contributed by atoms with Crippen LogP contribution < -0.4 is 5.32 Å². The Morgan fingerprint density at radius 1 is 1.14 bits per heavy atom. The summed E-state index contributed by atoms with van der Waals surface area (Å²) in [5.74, 6) is 0.109. The molecule has 1 aromatic carbocycles. The first-order valence-electron chi connectivity index (χ1n) is 9.47. The van der Waals surface area contributed by atoms with Crippen LogP contribution in [0.25, 0.3) is 0 Å². The van der Waals surface area contributed by atoms with Gasteiger partial charge in [-0.1, -0.05) is 38.1 Å². The average molecular weight is 403 g/mol. The van der Waals surface area contributed by atoms with Crippen LogP contribution in [0.3, 0.4) is 0 Å². The minimum Gasteiger partial charge on any atom is -0.348 e. The number of benzene rings is 1. The molecule has 28 heavy (non-hydrogen) atoms. The van der Waals surface area contributed by atoms with Crippen LogP contribution in [0.2, 0.25) is 0 Å². The zero-order chi connectivity index (χ0) is 20.1. The lowest BCUT2D eigenvalue weighted by Gasteiger charge is -2.26. The Kier molecular flexibility index (Phi) is 6.31. The summed E-state index contributed by atoms with van der Waals surface area (Å²) in [6.07, 6.45) is 4.81. The molecule has 8 heteroatoms. The zero-order valence-corrected chi connectivity index (χ0v) is 17.1. The molecule has 2 heterocycles. The molecule has 0 aliphatic carbocycles. The van der Waals surface area contributed by atoms with E-state index >= 15 is 0 Å². The first kappa shape index (κ1) is 20.3. The Morgan fingerprint density at radius 3 is 2.50 bits per heavy atom. The molecule has 2 aliphatic rings. The number of carbonyl (C=O) groups excluding carboxylic acids is 1. The molecule has 1 N–H and O–H groups in total. The average Bonchev–Trinajstić information content (AvgIpc) is 2.70. The number of carbonyl (C=O) groups is 1. The van der Waals surface area contributed by atoms with Gasteiger partial charge in [-0.3, -0.25) is 9.69 Å². The van der Waals surface area contributed by atoms with Crippen molar-refractivity contribution < 1.29 is 13.2 Å². The van der Waals surface area contributed by atoms with Crippen molar-refractivity contribution in [3.63, 3.8) is 0 Å². The van der Waals surface area contributed by atoms with Crippen LogP contribution in [-0.2, 0) is 27.9 Å². The second kappa shape index (κ2) is 8.70. The SMILES string of the molecule is CCN(CC)Cc1ccc(CNC(=O)C2=CN3CCS(=O)(=O)N=C3C=C2)cc1. The highest BCUT2D eigenvalue weighted by Crippen LogP contribution is 2.16. The van der Waals surface area contributed by atoms with Gasteiger partial charge < -0.3 is 10.2 Å². The van der Waals surface area contributed by atoms with E-state index < -0.39 is 10.0 Å². The van der Waals surface area contributed by atoms with Gasteiger partial charge in [0, 0.05) is 25.8 Å². The molecule has 2 aliphatic heterocycles. The normalized spacial score (nSPS) is 17.8. The smallest absolute Gasteiger partial charge is 0.256 e. The molecular formula is C20H26N4O3S. The maximum atomic E-state index is 12.4. The molecule has 1 amide bonds. The van der Waals surface area contributed by atoms with Gasteiger partial charge in [-0.2, -0.15) is 0 Å². The summed E-state index contributed by atoms with van der Waals surface area (Å²) in [5.41, 5.74) is 2.77. The maximum Gasteiger partial charge on any atom is 0.256 e. The van der Waals surface area contributed by atoms with E-state index in [9.17, 15) is 13.2 Å². The third-order valence-electron chi connectivity index (χ3n) is 4.86. The molecule has 0 saturated carbocycles. The Labute approximate surface area is 166 Å². The fourth-order valence-corrected chi connectivity index (χ4v) is 4.06. The van der Waals surface area contributed by atoms with Gasteiger partial charge in [0.15, 0.2) is 0 Å². The highest BCUT2D eigenvalue weighted by molar-refractivity contribution is 7.90. The lowest BCUT2D eigenvalue weighted by atomic mass is 10.1. The topological polar surface area (TPSA) is 82.1 Å². The van der Waals surface area contributed by atoms with Gasteiger partial charge in [-0.25, -0.2) is 8.42 Å². The van der Waals surface area contributed by atoms with Crippen molar-refractivity contribution in [2.45, 2.75) is 26.9 Å². The zero-order valence-electron chi connectivity index (χ0n) is 16.3. The first-order chi connectivity index (χ1) is 13.4. The van der Waals surface area contributed by atoms with Crippen molar-refractivity contribution in [1.29, 1.82) is 0 Å². The van der Waals surface area contributed by atoms with Crippen molar-refractivity contribution in [3.8, 4) is 0 Å². The van der Waals surface area contributed by atoms with Crippen molar-refractivity contribution in [1.82, 2.24) is 15.1 Å². The molecule has 150 valence electrons. The fourth-order valence-electron chi connectivity index (χ4n) is 3.09. The Hall–Kier alpha value is -2.45. The molecule has 0 fully saturated rings. The number of amides is 1. The first-order valence-corrected chi connectivity index (χ1v) is 11.1. The van der Waals surface area contributed by atoms with Crippen molar-refractivity contribution in [2.24, 2.45) is 4.40 Å². The number of fused-ring (bicyclic) bond motifs is 1. The molecule has 0 spiro atoms. The Morgan fingerprint density at radius 2 is 1.82 bits per heavy atom. The standard InChI is InChI=1S/C20H26N4O3S/c1-3-23(4-2)14-17-7-5-16(6-8-17)13-21-20(25)18-9-10-19-22-28(26,27)12-11-24(19)15-18/h5-10,15H,3-4,11-14H2,1-2H3,(H,21,25). The molecular weight excluding hydrogens is 376 g/mol. The highest BCUT2D eigenvalue weighted by Gasteiger charge is 2.24. The van der Waals surface area contributed by atoms with Crippen LogP contribution >= 0.6 is 0 Å². The van der Waals surface area contributed by atoms with Crippen LogP contribution in [-0.4, -0.2) is 55.3 Å². The number of amidine groups is 1. The molecule has 7 nitrogen and oxygen atoms in total. The van der Waals surface area contributed by atoms with E-state index in [0.717, 1.165) is 25.2 Å². The van der Waals surface area contributed by atoms with Gasteiger partial charge in [0.05, 0.1) is 11.3 Å². The van der Waals surface area contributed by atoms with Crippen LogP contribution in [0.15, 0.2) is 52.6 Å². The number of nitrogens with one attached hydrogen (secondary N) is 1. The second-order valence-electron chi connectivity index (χ2n) is 6.81. The third-order valence-corrected chi connectivity index (χ3v) is 6.03. The van der Waals surface area contributed by atoms with Gasteiger partial charge in [0.25, 0.3) is 15.9 Å². The summed E-state index contributed by atoms with van der Waals surface area (Å²) in [5, 5.41) is 2.91. The monoisotopic (exact) mass is 402 g/mol. The summed E-state index contributed by atoms with van der Waals surface area (Å²) in [6, 6.07) is 8.25. The van der Waals surface area contributed by atoms with E-state index in [2.05, 4.69) is 40.6 Å². The number of hydrogen-bond acceptors (Lipinski definition) is 5. The molecule has 0 aromatic heterocycles. The lowest BCUT2D eigenvalue weighted by molar-refractivity contribution is -0.117. The summed E-state index contributed by atoms with van der Waals surface area (Å²) < 4.78 is 26.8.